The largest absolute Gasteiger partial charge is 0.371 e. The predicted octanol–water partition coefficient (Wildman–Crippen LogP) is 4.04. The van der Waals surface area contributed by atoms with E-state index in [1.807, 2.05) is 6.07 Å². The van der Waals surface area contributed by atoms with Crippen LogP contribution in [0.5, 0.6) is 0 Å². The van der Waals surface area contributed by atoms with Crippen LogP contribution in [0.15, 0.2) is 18.2 Å². The molecule has 2 nitrogen and oxygen atoms in total. The Hall–Kier alpha value is -1.38. The Kier molecular flexibility index (Phi) is 4.56. The number of ketones is 1. The molecule has 0 spiro atoms. The highest BCUT2D eigenvalue weighted by Gasteiger charge is 2.21. The minimum Gasteiger partial charge on any atom is -0.371 e. The molecule has 1 aliphatic rings. The van der Waals surface area contributed by atoms with Crippen molar-refractivity contribution in [1.82, 2.24) is 0 Å². The van der Waals surface area contributed by atoms with Crippen LogP contribution in [0.2, 0.25) is 0 Å². The van der Waals surface area contributed by atoms with Crippen LogP contribution in [0.1, 0.15) is 49.9 Å². The average molecular weight is 263 g/mol. The first-order chi connectivity index (χ1) is 9.13. The van der Waals surface area contributed by atoms with Crippen LogP contribution in [-0.4, -0.2) is 18.9 Å². The van der Waals surface area contributed by atoms with Gasteiger partial charge in [-0.3, -0.25) is 4.79 Å². The van der Waals surface area contributed by atoms with Crippen LogP contribution in [0.3, 0.4) is 0 Å². The summed E-state index contributed by atoms with van der Waals surface area (Å²) in [6, 6.07) is 4.93. The second kappa shape index (κ2) is 6.18. The van der Waals surface area contributed by atoms with Crippen molar-refractivity contribution in [3.05, 3.63) is 29.6 Å². The normalized spacial score (nSPS) is 20.2. The molecule has 3 heteroatoms. The summed E-state index contributed by atoms with van der Waals surface area (Å²) in [5, 5.41) is 0. The third kappa shape index (κ3) is 3.14. The van der Waals surface area contributed by atoms with Crippen molar-refractivity contribution in [1.29, 1.82) is 0 Å². The van der Waals surface area contributed by atoms with Crippen LogP contribution >= 0.6 is 0 Å². The second-order valence-electron chi connectivity index (χ2n) is 5.38. The van der Waals surface area contributed by atoms with Crippen molar-refractivity contribution in [2.75, 3.05) is 18.0 Å². The summed E-state index contributed by atoms with van der Waals surface area (Å²) in [6.45, 7) is 5.50. The number of hydrogen-bond donors (Lipinski definition) is 0. The van der Waals surface area contributed by atoms with Crippen LogP contribution in [0.4, 0.5) is 10.1 Å². The molecule has 1 heterocycles. The van der Waals surface area contributed by atoms with E-state index in [9.17, 15) is 9.18 Å². The van der Waals surface area contributed by atoms with Gasteiger partial charge in [0, 0.05) is 13.1 Å². The van der Waals surface area contributed by atoms with Crippen molar-refractivity contribution >= 4 is 11.5 Å². The molecule has 1 unspecified atom stereocenters. The number of rotatable bonds is 3. The smallest absolute Gasteiger partial charge is 0.164 e. The van der Waals surface area contributed by atoms with Crippen molar-refractivity contribution in [2.45, 2.75) is 39.5 Å². The van der Waals surface area contributed by atoms with E-state index < -0.39 is 5.82 Å². The number of Topliss-reactive ketones (excluding diaryl/α,β-unsaturated/α-hetero) is 1. The zero-order valence-corrected chi connectivity index (χ0v) is 11.8. The van der Waals surface area contributed by atoms with Gasteiger partial charge in [-0.05, 0) is 44.2 Å². The lowest BCUT2D eigenvalue weighted by molar-refractivity contribution is 0.101. The average Bonchev–Trinajstić information content (AvgIpc) is 2.63. The van der Waals surface area contributed by atoms with Gasteiger partial charge in [-0.25, -0.2) is 4.39 Å². The standard InChI is InChI=1S/C16H22FNO/c1-3-13-6-5-10-18(11-9-13)15-8-4-7-14(17)16(15)12(2)19/h4,7-8,13H,3,5-6,9-11H2,1-2H3. The van der Waals surface area contributed by atoms with Crippen molar-refractivity contribution in [3.63, 3.8) is 0 Å². The van der Waals surface area contributed by atoms with E-state index in [2.05, 4.69) is 11.8 Å². The third-order valence-electron chi connectivity index (χ3n) is 4.11. The number of hydrogen-bond acceptors (Lipinski definition) is 2. The van der Waals surface area contributed by atoms with Gasteiger partial charge in [0.15, 0.2) is 5.78 Å². The molecule has 0 bridgehead atoms. The van der Waals surface area contributed by atoms with E-state index in [1.54, 1.807) is 6.07 Å². The lowest BCUT2D eigenvalue weighted by Gasteiger charge is -2.25. The van der Waals surface area contributed by atoms with Gasteiger partial charge in [0.2, 0.25) is 0 Å². The zero-order valence-electron chi connectivity index (χ0n) is 11.8. The Morgan fingerprint density at radius 2 is 2.16 bits per heavy atom. The summed E-state index contributed by atoms with van der Waals surface area (Å²) in [5.74, 6) is 0.171. The fourth-order valence-corrected chi connectivity index (χ4v) is 2.94. The number of carbonyl (C=O) groups excluding carboxylic acids is 1. The highest BCUT2D eigenvalue weighted by molar-refractivity contribution is 6.00. The molecular weight excluding hydrogens is 241 g/mol. The van der Waals surface area contributed by atoms with E-state index >= 15 is 0 Å². The molecule has 0 radical (unpaired) electrons. The molecule has 1 fully saturated rings. The molecule has 2 rings (SSSR count). The van der Waals surface area contributed by atoms with Gasteiger partial charge in [0.25, 0.3) is 0 Å². The molecular formula is C16H22FNO. The molecule has 1 saturated heterocycles. The summed E-state index contributed by atoms with van der Waals surface area (Å²) in [7, 11) is 0. The van der Waals surface area contributed by atoms with Gasteiger partial charge >= 0.3 is 0 Å². The number of carbonyl (C=O) groups is 1. The number of nitrogens with zero attached hydrogens (tertiary/aromatic N) is 1. The maximum Gasteiger partial charge on any atom is 0.164 e. The lowest BCUT2D eigenvalue weighted by Crippen LogP contribution is -2.26. The maximum atomic E-state index is 13.9. The fraction of sp³-hybridized carbons (Fsp3) is 0.562. The molecule has 0 N–H and O–H groups in total. The van der Waals surface area contributed by atoms with E-state index in [-0.39, 0.29) is 11.3 Å². The molecule has 1 aromatic carbocycles. The molecule has 0 aliphatic carbocycles. The van der Waals surface area contributed by atoms with E-state index in [1.165, 1.54) is 25.8 Å². The fourth-order valence-electron chi connectivity index (χ4n) is 2.94. The molecule has 19 heavy (non-hydrogen) atoms. The Morgan fingerprint density at radius 1 is 1.37 bits per heavy atom. The minimum atomic E-state index is -0.402. The first kappa shape index (κ1) is 14.0. The summed E-state index contributed by atoms with van der Waals surface area (Å²) in [6.07, 6.45) is 4.69. The van der Waals surface area contributed by atoms with Gasteiger partial charge in [-0.15, -0.1) is 0 Å². The van der Waals surface area contributed by atoms with Crippen LogP contribution in [-0.2, 0) is 0 Å². The SMILES string of the molecule is CCC1CCCN(c2cccc(F)c2C(C)=O)CC1. The number of benzene rings is 1. The highest BCUT2D eigenvalue weighted by Crippen LogP contribution is 2.28. The quantitative estimate of drug-likeness (QED) is 0.767. The molecule has 104 valence electrons. The monoisotopic (exact) mass is 263 g/mol. The molecule has 1 atom stereocenters. The van der Waals surface area contributed by atoms with E-state index in [0.29, 0.717) is 0 Å². The van der Waals surface area contributed by atoms with Crippen LogP contribution in [0.25, 0.3) is 0 Å². The van der Waals surface area contributed by atoms with Crippen LogP contribution in [0, 0.1) is 11.7 Å². The third-order valence-corrected chi connectivity index (χ3v) is 4.11. The summed E-state index contributed by atoms with van der Waals surface area (Å²) in [5.41, 5.74) is 1.02. The maximum absolute atomic E-state index is 13.9. The molecule has 1 aromatic rings. The Morgan fingerprint density at radius 3 is 2.84 bits per heavy atom. The first-order valence-corrected chi connectivity index (χ1v) is 7.18. The highest BCUT2D eigenvalue weighted by atomic mass is 19.1. The lowest BCUT2D eigenvalue weighted by atomic mass is 9.98. The molecule has 0 saturated carbocycles. The van der Waals surface area contributed by atoms with Crippen LogP contribution < -0.4 is 4.90 Å². The second-order valence-corrected chi connectivity index (χ2v) is 5.38. The summed E-state index contributed by atoms with van der Waals surface area (Å²) < 4.78 is 13.9. The minimum absolute atomic E-state index is 0.190. The van der Waals surface area contributed by atoms with Crippen molar-refractivity contribution < 1.29 is 9.18 Å². The Bertz CT molecular complexity index is 458. The number of halogens is 1. The predicted molar refractivity (Wildman–Crippen MR) is 76.2 cm³/mol. The Labute approximate surface area is 114 Å². The van der Waals surface area contributed by atoms with Crippen molar-refractivity contribution in [3.8, 4) is 0 Å². The van der Waals surface area contributed by atoms with Gasteiger partial charge in [0.05, 0.1) is 11.3 Å². The van der Waals surface area contributed by atoms with Crippen molar-refractivity contribution in [2.24, 2.45) is 5.92 Å². The van der Waals surface area contributed by atoms with Gasteiger partial charge in [-0.2, -0.15) is 0 Å². The summed E-state index contributed by atoms with van der Waals surface area (Å²) >= 11 is 0. The zero-order chi connectivity index (χ0) is 13.8. The Balaban J connectivity index is 2.26. The molecule has 0 aromatic heterocycles. The topological polar surface area (TPSA) is 20.3 Å². The summed E-state index contributed by atoms with van der Waals surface area (Å²) in [4.78, 5) is 13.8. The molecule has 0 amide bonds. The number of anilines is 1. The van der Waals surface area contributed by atoms with E-state index in [4.69, 9.17) is 0 Å². The van der Waals surface area contributed by atoms with Gasteiger partial charge in [0.1, 0.15) is 5.82 Å². The van der Waals surface area contributed by atoms with Gasteiger partial charge in [-0.1, -0.05) is 19.4 Å². The van der Waals surface area contributed by atoms with E-state index in [0.717, 1.165) is 37.5 Å². The first-order valence-electron chi connectivity index (χ1n) is 7.18. The molecule has 1 aliphatic heterocycles. The van der Waals surface area contributed by atoms with Gasteiger partial charge < -0.3 is 4.90 Å².